The van der Waals surface area contributed by atoms with Gasteiger partial charge in [0.05, 0.1) is 5.25 Å². The van der Waals surface area contributed by atoms with E-state index in [2.05, 4.69) is 17.0 Å². The van der Waals surface area contributed by atoms with E-state index in [9.17, 15) is 8.42 Å². The van der Waals surface area contributed by atoms with E-state index in [4.69, 9.17) is 5.14 Å². The van der Waals surface area contributed by atoms with Gasteiger partial charge in [0, 0.05) is 6.54 Å². The van der Waals surface area contributed by atoms with Crippen LogP contribution in [0.25, 0.3) is 0 Å². The van der Waals surface area contributed by atoms with E-state index >= 15 is 0 Å². The Morgan fingerprint density at radius 3 is 2.29 bits per heavy atom. The van der Waals surface area contributed by atoms with Crippen LogP contribution in [0.1, 0.15) is 18.4 Å². The fourth-order valence-electron chi connectivity index (χ4n) is 2.24. The normalized spacial score (nSPS) is 19.4. The molecule has 1 aromatic carbocycles. The summed E-state index contributed by atoms with van der Waals surface area (Å²) in [5, 5.41) is 4.81. The van der Waals surface area contributed by atoms with Gasteiger partial charge in [0.1, 0.15) is 0 Å². The van der Waals surface area contributed by atoms with E-state index in [1.807, 2.05) is 18.2 Å². The van der Waals surface area contributed by atoms with Crippen molar-refractivity contribution in [2.24, 2.45) is 5.14 Å². The average molecular weight is 254 g/mol. The molecule has 0 saturated carbocycles. The van der Waals surface area contributed by atoms with E-state index in [1.54, 1.807) is 0 Å². The van der Waals surface area contributed by atoms with E-state index < -0.39 is 10.0 Å². The molecule has 94 valence electrons. The molecule has 1 heterocycles. The van der Waals surface area contributed by atoms with Gasteiger partial charge in [-0.3, -0.25) is 4.90 Å². The number of hydrogen-bond acceptors (Lipinski definition) is 3. The zero-order chi connectivity index (χ0) is 12.3. The fourth-order valence-corrected chi connectivity index (χ4v) is 3.11. The molecule has 4 nitrogen and oxygen atoms in total. The Morgan fingerprint density at radius 2 is 1.76 bits per heavy atom. The summed E-state index contributed by atoms with van der Waals surface area (Å²) in [6.07, 6.45) is 1.29. The lowest BCUT2D eigenvalue weighted by molar-refractivity contribution is 0.222. The Morgan fingerprint density at radius 1 is 1.18 bits per heavy atom. The Hall–Kier alpha value is -0.910. The maximum Gasteiger partial charge on any atom is 0.212 e. The van der Waals surface area contributed by atoms with E-state index in [1.165, 1.54) is 5.56 Å². The van der Waals surface area contributed by atoms with E-state index in [0.29, 0.717) is 12.8 Å². The van der Waals surface area contributed by atoms with Crippen molar-refractivity contribution in [1.82, 2.24) is 4.90 Å². The molecule has 17 heavy (non-hydrogen) atoms. The zero-order valence-electron chi connectivity index (χ0n) is 9.75. The van der Waals surface area contributed by atoms with Crippen molar-refractivity contribution >= 4 is 10.0 Å². The van der Waals surface area contributed by atoms with Crippen LogP contribution < -0.4 is 5.14 Å². The quantitative estimate of drug-likeness (QED) is 0.873. The third-order valence-corrected chi connectivity index (χ3v) is 4.65. The van der Waals surface area contributed by atoms with Gasteiger partial charge in [-0.15, -0.1) is 0 Å². The van der Waals surface area contributed by atoms with Crippen LogP contribution in [0.2, 0.25) is 0 Å². The molecule has 0 aliphatic carbocycles. The predicted octanol–water partition coefficient (Wildman–Crippen LogP) is 0.940. The molecular weight excluding hydrogens is 236 g/mol. The SMILES string of the molecule is NS(=O)(=O)C1CCN(Cc2ccccc2)CC1. The summed E-state index contributed by atoms with van der Waals surface area (Å²) in [7, 11) is -3.35. The highest BCUT2D eigenvalue weighted by atomic mass is 32.2. The number of sulfonamides is 1. The second kappa shape index (κ2) is 5.16. The Labute approximate surface area is 102 Å². The highest BCUT2D eigenvalue weighted by molar-refractivity contribution is 7.89. The summed E-state index contributed by atoms with van der Waals surface area (Å²) in [6, 6.07) is 10.2. The van der Waals surface area contributed by atoms with Crippen molar-refractivity contribution in [2.45, 2.75) is 24.6 Å². The number of nitrogens with zero attached hydrogens (tertiary/aromatic N) is 1. The highest BCUT2D eigenvalue weighted by Crippen LogP contribution is 2.17. The van der Waals surface area contributed by atoms with Crippen LogP contribution in [0.5, 0.6) is 0 Å². The summed E-state index contributed by atoms with van der Waals surface area (Å²) >= 11 is 0. The maximum atomic E-state index is 11.2. The monoisotopic (exact) mass is 254 g/mol. The molecule has 1 aliphatic heterocycles. The molecule has 1 saturated heterocycles. The van der Waals surface area contributed by atoms with Crippen molar-refractivity contribution in [3.05, 3.63) is 35.9 Å². The minimum Gasteiger partial charge on any atom is -0.299 e. The van der Waals surface area contributed by atoms with Gasteiger partial charge in [-0.05, 0) is 31.5 Å². The smallest absolute Gasteiger partial charge is 0.212 e. The molecule has 0 aromatic heterocycles. The lowest BCUT2D eigenvalue weighted by atomic mass is 10.1. The van der Waals surface area contributed by atoms with Crippen LogP contribution in [0.4, 0.5) is 0 Å². The van der Waals surface area contributed by atoms with Crippen LogP contribution in [-0.2, 0) is 16.6 Å². The van der Waals surface area contributed by atoms with Crippen molar-refractivity contribution in [3.8, 4) is 0 Å². The van der Waals surface area contributed by atoms with Crippen LogP contribution in [0.15, 0.2) is 30.3 Å². The molecule has 0 spiro atoms. The summed E-state index contributed by atoms with van der Waals surface area (Å²) in [5.74, 6) is 0. The molecule has 1 aliphatic rings. The number of rotatable bonds is 3. The minimum atomic E-state index is -3.35. The van der Waals surface area contributed by atoms with Crippen molar-refractivity contribution in [1.29, 1.82) is 0 Å². The molecule has 2 N–H and O–H groups in total. The summed E-state index contributed by atoms with van der Waals surface area (Å²) < 4.78 is 22.4. The van der Waals surface area contributed by atoms with Gasteiger partial charge in [-0.1, -0.05) is 30.3 Å². The Bertz CT molecular complexity index is 451. The average Bonchev–Trinajstić information content (AvgIpc) is 2.30. The molecule has 0 atom stereocenters. The van der Waals surface area contributed by atoms with Crippen LogP contribution in [0.3, 0.4) is 0 Å². The second-order valence-corrected chi connectivity index (χ2v) is 6.39. The van der Waals surface area contributed by atoms with Gasteiger partial charge >= 0.3 is 0 Å². The molecule has 0 bridgehead atoms. The van der Waals surface area contributed by atoms with Crippen LogP contribution in [-0.4, -0.2) is 31.7 Å². The van der Waals surface area contributed by atoms with Gasteiger partial charge in [0.25, 0.3) is 0 Å². The van der Waals surface area contributed by atoms with Gasteiger partial charge in [0.2, 0.25) is 10.0 Å². The van der Waals surface area contributed by atoms with Crippen LogP contribution >= 0.6 is 0 Å². The molecule has 1 aromatic rings. The van der Waals surface area contributed by atoms with Crippen LogP contribution in [0, 0.1) is 0 Å². The molecule has 5 heteroatoms. The first-order chi connectivity index (χ1) is 8.05. The summed E-state index contributed by atoms with van der Waals surface area (Å²) in [6.45, 7) is 2.49. The molecule has 0 radical (unpaired) electrons. The standard InChI is InChI=1S/C12H18N2O2S/c13-17(15,16)12-6-8-14(9-7-12)10-11-4-2-1-3-5-11/h1-5,12H,6-10H2,(H2,13,15,16). The Balaban J connectivity index is 1.88. The Kier molecular flexibility index (Phi) is 3.81. The first-order valence-corrected chi connectivity index (χ1v) is 7.44. The lowest BCUT2D eigenvalue weighted by Gasteiger charge is -2.30. The van der Waals surface area contributed by atoms with Crippen molar-refractivity contribution < 1.29 is 8.42 Å². The third-order valence-electron chi connectivity index (χ3n) is 3.25. The lowest BCUT2D eigenvalue weighted by Crippen LogP contribution is -2.41. The van der Waals surface area contributed by atoms with E-state index in [-0.39, 0.29) is 5.25 Å². The number of piperidine rings is 1. The summed E-state index contributed by atoms with van der Waals surface area (Å²) in [5.41, 5.74) is 1.27. The number of primary sulfonamides is 1. The van der Waals surface area contributed by atoms with Gasteiger partial charge in [-0.2, -0.15) is 0 Å². The van der Waals surface area contributed by atoms with Crippen molar-refractivity contribution in [3.63, 3.8) is 0 Å². The molecule has 0 amide bonds. The first-order valence-electron chi connectivity index (χ1n) is 5.83. The number of nitrogens with two attached hydrogens (primary N) is 1. The zero-order valence-corrected chi connectivity index (χ0v) is 10.6. The topological polar surface area (TPSA) is 63.4 Å². The fraction of sp³-hybridized carbons (Fsp3) is 0.500. The minimum absolute atomic E-state index is 0.352. The number of likely N-dealkylation sites (tertiary alicyclic amines) is 1. The molecular formula is C12H18N2O2S. The first kappa shape index (κ1) is 12.5. The molecule has 1 fully saturated rings. The number of hydrogen-bond donors (Lipinski definition) is 1. The molecule has 2 rings (SSSR count). The van der Waals surface area contributed by atoms with Crippen molar-refractivity contribution in [2.75, 3.05) is 13.1 Å². The predicted molar refractivity (Wildman–Crippen MR) is 67.8 cm³/mol. The number of benzene rings is 1. The van der Waals surface area contributed by atoms with Gasteiger partial charge < -0.3 is 0 Å². The van der Waals surface area contributed by atoms with Gasteiger partial charge in [0.15, 0.2) is 0 Å². The maximum absolute atomic E-state index is 11.2. The second-order valence-electron chi connectivity index (χ2n) is 4.55. The molecule has 0 unspecified atom stereocenters. The van der Waals surface area contributed by atoms with E-state index in [0.717, 1.165) is 19.6 Å². The highest BCUT2D eigenvalue weighted by Gasteiger charge is 2.26. The summed E-state index contributed by atoms with van der Waals surface area (Å²) in [4.78, 5) is 2.27. The largest absolute Gasteiger partial charge is 0.299 e. The van der Waals surface area contributed by atoms with Gasteiger partial charge in [-0.25, -0.2) is 13.6 Å². The third kappa shape index (κ3) is 3.52.